The number of anilines is 1. The number of sulfonamides is 1. The second-order valence-corrected chi connectivity index (χ2v) is 9.94. The largest absolute Gasteiger partial charge is 0.445 e. The van der Waals surface area contributed by atoms with Crippen LogP contribution in [0.2, 0.25) is 0 Å². The fourth-order valence-corrected chi connectivity index (χ4v) is 4.27. The minimum atomic E-state index is -3.82. The number of ether oxygens (including phenoxy) is 1. The number of carbonyl (C=O) groups excluding carboxylic acids is 2. The fraction of sp³-hybridized carbons (Fsp3) is 0.192. The van der Waals surface area contributed by atoms with E-state index in [1.54, 1.807) is 4.90 Å². The fourth-order valence-electron chi connectivity index (χ4n) is 3.75. The van der Waals surface area contributed by atoms with Crippen LogP contribution in [0, 0.1) is 0 Å². The standard InChI is InChI=1S/C26H27N5O5S/c27-37(34,35)24-12-8-22(9-13-24)25(32)29-28-18-20-6-10-23(11-7-20)30-14-16-31(17-15-30)26(33)36-19-21-4-2-1-3-5-21/h1-13,18H,14-17,19H2,(H,29,32)(H2,27,34,35)/b28-18+. The van der Waals surface area contributed by atoms with Crippen LogP contribution in [0.5, 0.6) is 0 Å². The lowest BCUT2D eigenvalue weighted by molar-refractivity contribution is 0.0939. The molecule has 0 bridgehead atoms. The van der Waals surface area contributed by atoms with Crippen LogP contribution in [0.25, 0.3) is 0 Å². The van der Waals surface area contributed by atoms with E-state index in [1.165, 1.54) is 30.5 Å². The van der Waals surface area contributed by atoms with E-state index < -0.39 is 15.9 Å². The molecule has 0 spiro atoms. The Morgan fingerprint density at radius 2 is 1.57 bits per heavy atom. The highest BCUT2D eigenvalue weighted by atomic mass is 32.2. The van der Waals surface area contributed by atoms with Crippen LogP contribution in [0.3, 0.4) is 0 Å². The first kappa shape index (κ1) is 25.9. The minimum absolute atomic E-state index is 0.0722. The van der Waals surface area contributed by atoms with E-state index >= 15 is 0 Å². The monoisotopic (exact) mass is 521 g/mol. The first-order chi connectivity index (χ1) is 17.8. The number of nitrogens with two attached hydrogens (primary N) is 1. The smallest absolute Gasteiger partial charge is 0.410 e. The Hall–Kier alpha value is -4.22. The van der Waals surface area contributed by atoms with Crippen molar-refractivity contribution in [2.24, 2.45) is 10.2 Å². The van der Waals surface area contributed by atoms with Crippen molar-refractivity contribution in [2.75, 3.05) is 31.1 Å². The quantitative estimate of drug-likeness (QED) is 0.363. The van der Waals surface area contributed by atoms with Crippen LogP contribution < -0.4 is 15.5 Å². The summed E-state index contributed by atoms with van der Waals surface area (Å²) in [5.74, 6) is -0.478. The average Bonchev–Trinajstić information content (AvgIpc) is 2.92. The molecule has 10 nitrogen and oxygen atoms in total. The molecule has 0 aromatic heterocycles. The van der Waals surface area contributed by atoms with Gasteiger partial charge in [0.15, 0.2) is 0 Å². The Kier molecular flexibility index (Phi) is 8.16. The van der Waals surface area contributed by atoms with Crippen molar-refractivity contribution >= 4 is 33.9 Å². The number of hydrogen-bond donors (Lipinski definition) is 2. The summed E-state index contributed by atoms with van der Waals surface area (Å²) in [6.45, 7) is 2.78. The molecule has 3 aromatic rings. The summed E-state index contributed by atoms with van der Waals surface area (Å²) in [4.78, 5) is 28.4. The van der Waals surface area contributed by atoms with Gasteiger partial charge < -0.3 is 14.5 Å². The van der Waals surface area contributed by atoms with Crippen molar-refractivity contribution in [3.63, 3.8) is 0 Å². The zero-order valence-electron chi connectivity index (χ0n) is 20.0. The maximum Gasteiger partial charge on any atom is 0.410 e. The maximum absolute atomic E-state index is 12.4. The Bertz CT molecular complexity index is 1350. The highest BCUT2D eigenvalue weighted by Crippen LogP contribution is 2.17. The molecule has 0 atom stereocenters. The molecule has 3 N–H and O–H groups in total. The molecule has 11 heteroatoms. The number of primary sulfonamides is 1. The van der Waals surface area contributed by atoms with Crippen molar-refractivity contribution in [1.29, 1.82) is 0 Å². The molecule has 1 aliphatic rings. The van der Waals surface area contributed by atoms with Crippen molar-refractivity contribution in [1.82, 2.24) is 10.3 Å². The molecule has 2 amide bonds. The highest BCUT2D eigenvalue weighted by molar-refractivity contribution is 7.89. The maximum atomic E-state index is 12.4. The molecule has 0 saturated carbocycles. The Morgan fingerprint density at radius 1 is 0.919 bits per heavy atom. The van der Waals surface area contributed by atoms with Gasteiger partial charge in [-0.3, -0.25) is 4.79 Å². The topological polar surface area (TPSA) is 134 Å². The van der Waals surface area contributed by atoms with E-state index in [0.29, 0.717) is 26.2 Å². The third-order valence-electron chi connectivity index (χ3n) is 5.83. The Labute approximate surface area is 215 Å². The third-order valence-corrected chi connectivity index (χ3v) is 6.76. The van der Waals surface area contributed by atoms with Gasteiger partial charge in [-0.15, -0.1) is 0 Å². The van der Waals surface area contributed by atoms with Gasteiger partial charge in [-0.05, 0) is 47.5 Å². The molecular formula is C26H27N5O5S. The number of hydrazone groups is 1. The second kappa shape index (κ2) is 11.7. The summed E-state index contributed by atoms with van der Waals surface area (Å²) in [7, 11) is -3.82. The summed E-state index contributed by atoms with van der Waals surface area (Å²) in [5.41, 5.74) is 5.43. The molecule has 1 aliphatic heterocycles. The van der Waals surface area contributed by atoms with E-state index in [4.69, 9.17) is 9.88 Å². The van der Waals surface area contributed by atoms with Crippen LogP contribution in [-0.2, 0) is 21.4 Å². The lowest BCUT2D eigenvalue weighted by Gasteiger charge is -2.35. The van der Waals surface area contributed by atoms with Gasteiger partial charge in [0, 0.05) is 37.4 Å². The van der Waals surface area contributed by atoms with Crippen molar-refractivity contribution < 1.29 is 22.7 Å². The number of piperazine rings is 1. The highest BCUT2D eigenvalue weighted by Gasteiger charge is 2.22. The molecule has 3 aromatic carbocycles. The molecule has 0 radical (unpaired) electrons. The van der Waals surface area contributed by atoms with Gasteiger partial charge in [0.05, 0.1) is 11.1 Å². The number of nitrogens with one attached hydrogen (secondary N) is 1. The number of nitrogens with zero attached hydrogens (tertiary/aromatic N) is 3. The zero-order chi connectivity index (χ0) is 26.3. The number of amides is 2. The Morgan fingerprint density at radius 3 is 2.19 bits per heavy atom. The Balaban J connectivity index is 1.23. The lowest BCUT2D eigenvalue weighted by Crippen LogP contribution is -2.48. The van der Waals surface area contributed by atoms with E-state index in [0.717, 1.165) is 16.8 Å². The van der Waals surface area contributed by atoms with Crippen LogP contribution >= 0.6 is 0 Å². The SMILES string of the molecule is NS(=O)(=O)c1ccc(C(=O)N/N=C/c2ccc(N3CCN(C(=O)OCc4ccccc4)CC3)cc2)cc1. The average molecular weight is 522 g/mol. The van der Waals surface area contributed by atoms with Gasteiger partial charge in [0.2, 0.25) is 10.0 Å². The predicted molar refractivity (Wildman–Crippen MR) is 140 cm³/mol. The van der Waals surface area contributed by atoms with Crippen LogP contribution in [0.4, 0.5) is 10.5 Å². The molecule has 0 aliphatic carbocycles. The van der Waals surface area contributed by atoms with Crippen molar-refractivity contribution in [2.45, 2.75) is 11.5 Å². The first-order valence-electron chi connectivity index (χ1n) is 11.6. The van der Waals surface area contributed by atoms with Gasteiger partial charge >= 0.3 is 6.09 Å². The molecular weight excluding hydrogens is 494 g/mol. The molecule has 1 fully saturated rings. The van der Waals surface area contributed by atoms with Gasteiger partial charge in [-0.2, -0.15) is 5.10 Å². The molecule has 4 rings (SSSR count). The lowest BCUT2D eigenvalue weighted by atomic mass is 10.2. The molecule has 0 unspecified atom stereocenters. The van der Waals surface area contributed by atoms with Crippen LogP contribution in [0.1, 0.15) is 21.5 Å². The summed E-state index contributed by atoms with van der Waals surface area (Å²) in [6, 6.07) is 22.5. The van der Waals surface area contributed by atoms with E-state index in [2.05, 4.69) is 15.4 Å². The summed E-state index contributed by atoms with van der Waals surface area (Å²) in [5, 5.41) is 9.02. The van der Waals surface area contributed by atoms with E-state index in [9.17, 15) is 18.0 Å². The van der Waals surface area contributed by atoms with Crippen LogP contribution in [0.15, 0.2) is 88.9 Å². The third kappa shape index (κ3) is 7.15. The number of benzene rings is 3. The normalized spacial score (nSPS) is 14.0. The van der Waals surface area contributed by atoms with Crippen molar-refractivity contribution in [3.8, 4) is 0 Å². The van der Waals surface area contributed by atoms with E-state index in [1.807, 2.05) is 54.6 Å². The summed E-state index contributed by atoms with van der Waals surface area (Å²) in [6.07, 6.45) is 1.21. The summed E-state index contributed by atoms with van der Waals surface area (Å²) >= 11 is 0. The van der Waals surface area contributed by atoms with Gasteiger partial charge in [-0.1, -0.05) is 42.5 Å². The van der Waals surface area contributed by atoms with Gasteiger partial charge in [0.1, 0.15) is 6.61 Å². The number of carbonyl (C=O) groups is 2. The van der Waals surface area contributed by atoms with E-state index in [-0.39, 0.29) is 23.2 Å². The molecule has 192 valence electrons. The number of rotatable bonds is 7. The minimum Gasteiger partial charge on any atom is -0.445 e. The van der Waals surface area contributed by atoms with Gasteiger partial charge in [-0.25, -0.2) is 23.8 Å². The predicted octanol–water partition coefficient (Wildman–Crippen LogP) is 2.56. The zero-order valence-corrected chi connectivity index (χ0v) is 20.8. The molecule has 1 saturated heterocycles. The summed E-state index contributed by atoms with van der Waals surface area (Å²) < 4.78 is 28.0. The van der Waals surface area contributed by atoms with Crippen LogP contribution in [-0.4, -0.2) is 57.7 Å². The van der Waals surface area contributed by atoms with Gasteiger partial charge in [0.25, 0.3) is 5.91 Å². The second-order valence-electron chi connectivity index (χ2n) is 8.37. The van der Waals surface area contributed by atoms with Crippen molar-refractivity contribution in [3.05, 3.63) is 95.6 Å². The first-order valence-corrected chi connectivity index (χ1v) is 13.1. The molecule has 37 heavy (non-hydrogen) atoms. The number of hydrogen-bond acceptors (Lipinski definition) is 7. The molecule has 1 heterocycles.